The maximum Gasteiger partial charge on any atom is 0.241 e. The van der Waals surface area contributed by atoms with E-state index in [9.17, 15) is 18.0 Å². The van der Waals surface area contributed by atoms with Crippen LogP contribution in [0.15, 0.2) is 58.3 Å². The highest BCUT2D eigenvalue weighted by Gasteiger charge is 2.42. The second-order valence-corrected chi connectivity index (χ2v) is 9.84. The standard InChI is InChI=1S/C21H22N2O4S/c1-21(2)14-23(22-12-6-9-19(22)24)18-13-16(10-11-17(18)20(21)25)28(26,27)15-7-4-3-5-8-15/h3-5,7-8,10-11,13H,6,9,12,14H2,1-2H3. The van der Waals surface area contributed by atoms with E-state index in [1.165, 1.54) is 12.1 Å². The third kappa shape index (κ3) is 2.90. The molecule has 28 heavy (non-hydrogen) atoms. The van der Waals surface area contributed by atoms with Gasteiger partial charge < -0.3 is 0 Å². The van der Waals surface area contributed by atoms with Crippen molar-refractivity contribution in [1.29, 1.82) is 0 Å². The number of fused-ring (bicyclic) bond motifs is 1. The first-order valence-electron chi connectivity index (χ1n) is 9.29. The quantitative estimate of drug-likeness (QED) is 0.794. The fraction of sp³-hybridized carbons (Fsp3) is 0.333. The number of benzene rings is 2. The molecule has 7 heteroatoms. The fourth-order valence-electron chi connectivity index (χ4n) is 3.82. The zero-order valence-corrected chi connectivity index (χ0v) is 16.7. The summed E-state index contributed by atoms with van der Waals surface area (Å²) < 4.78 is 26.1. The Morgan fingerprint density at radius 3 is 2.29 bits per heavy atom. The van der Waals surface area contributed by atoms with Gasteiger partial charge in [0.15, 0.2) is 5.78 Å². The van der Waals surface area contributed by atoms with Crippen LogP contribution in [-0.2, 0) is 14.6 Å². The van der Waals surface area contributed by atoms with Gasteiger partial charge in [0.1, 0.15) is 0 Å². The zero-order valence-electron chi connectivity index (χ0n) is 15.9. The van der Waals surface area contributed by atoms with Crippen LogP contribution >= 0.6 is 0 Å². The van der Waals surface area contributed by atoms with Gasteiger partial charge in [-0.25, -0.2) is 8.42 Å². The van der Waals surface area contributed by atoms with E-state index in [0.717, 1.165) is 6.42 Å². The van der Waals surface area contributed by atoms with Gasteiger partial charge in [-0.3, -0.25) is 19.6 Å². The number of carbonyl (C=O) groups excluding carboxylic acids is 2. The molecular weight excluding hydrogens is 376 g/mol. The molecule has 1 fully saturated rings. The summed E-state index contributed by atoms with van der Waals surface area (Å²) >= 11 is 0. The lowest BCUT2D eigenvalue weighted by Gasteiger charge is -2.43. The Balaban J connectivity index is 1.86. The molecule has 1 saturated heterocycles. The summed E-state index contributed by atoms with van der Waals surface area (Å²) in [6.07, 6.45) is 1.21. The Kier molecular flexibility index (Phi) is 4.30. The molecule has 0 spiro atoms. The summed E-state index contributed by atoms with van der Waals surface area (Å²) in [7, 11) is -3.72. The van der Waals surface area contributed by atoms with E-state index in [0.29, 0.717) is 30.8 Å². The van der Waals surface area contributed by atoms with E-state index in [1.807, 2.05) is 13.8 Å². The molecule has 1 amide bonds. The number of sulfone groups is 1. The van der Waals surface area contributed by atoms with Crippen LogP contribution in [0.2, 0.25) is 0 Å². The van der Waals surface area contributed by atoms with Gasteiger partial charge in [0.25, 0.3) is 0 Å². The van der Waals surface area contributed by atoms with Crippen LogP contribution in [0.5, 0.6) is 0 Å². The molecule has 0 saturated carbocycles. The smallest absolute Gasteiger partial charge is 0.241 e. The van der Waals surface area contributed by atoms with Crippen molar-refractivity contribution in [3.8, 4) is 0 Å². The van der Waals surface area contributed by atoms with Gasteiger partial charge in [-0.2, -0.15) is 0 Å². The van der Waals surface area contributed by atoms with Crippen molar-refractivity contribution in [3.05, 3.63) is 54.1 Å². The Hall–Kier alpha value is -2.67. The van der Waals surface area contributed by atoms with Gasteiger partial charge in [0.05, 0.1) is 22.0 Å². The molecule has 146 valence electrons. The Labute approximate surface area is 164 Å². The summed E-state index contributed by atoms with van der Waals surface area (Å²) in [5.41, 5.74) is 0.259. The van der Waals surface area contributed by atoms with Crippen LogP contribution in [0, 0.1) is 5.41 Å². The van der Waals surface area contributed by atoms with E-state index < -0.39 is 15.3 Å². The van der Waals surface area contributed by atoms with Crippen LogP contribution in [0.25, 0.3) is 0 Å². The number of nitrogens with zero attached hydrogens (tertiary/aromatic N) is 2. The number of hydrazine groups is 1. The van der Waals surface area contributed by atoms with Crippen molar-refractivity contribution in [2.45, 2.75) is 36.5 Å². The summed E-state index contributed by atoms with van der Waals surface area (Å²) in [6, 6.07) is 12.8. The number of hydrogen-bond donors (Lipinski definition) is 0. The van der Waals surface area contributed by atoms with Crippen molar-refractivity contribution < 1.29 is 18.0 Å². The number of hydrogen-bond acceptors (Lipinski definition) is 5. The molecule has 0 N–H and O–H groups in total. The molecule has 2 aromatic rings. The first-order valence-corrected chi connectivity index (χ1v) is 10.8. The largest absolute Gasteiger partial charge is 0.293 e. The average molecular weight is 398 g/mol. The summed E-state index contributed by atoms with van der Waals surface area (Å²) in [5, 5.41) is 3.43. The normalized spacial score (nSPS) is 19.1. The highest BCUT2D eigenvalue weighted by Crippen LogP contribution is 2.39. The predicted octanol–water partition coefficient (Wildman–Crippen LogP) is 3.09. The molecule has 0 radical (unpaired) electrons. The van der Waals surface area contributed by atoms with Crippen LogP contribution in [-0.4, -0.2) is 38.2 Å². The molecule has 0 unspecified atom stereocenters. The minimum absolute atomic E-state index is 0.00702. The first kappa shape index (κ1) is 18.7. The van der Waals surface area contributed by atoms with Crippen LogP contribution < -0.4 is 5.01 Å². The number of amides is 1. The number of carbonyl (C=O) groups is 2. The van der Waals surface area contributed by atoms with E-state index >= 15 is 0 Å². The van der Waals surface area contributed by atoms with Crippen LogP contribution in [0.1, 0.15) is 37.0 Å². The van der Waals surface area contributed by atoms with Crippen molar-refractivity contribution in [2.24, 2.45) is 5.41 Å². The van der Waals surface area contributed by atoms with Gasteiger partial charge in [0.2, 0.25) is 15.7 Å². The maximum absolute atomic E-state index is 13.0. The average Bonchev–Trinajstić information content (AvgIpc) is 3.11. The number of rotatable bonds is 3. The third-order valence-corrected chi connectivity index (χ3v) is 7.12. The molecule has 0 aromatic heterocycles. The third-order valence-electron chi connectivity index (χ3n) is 5.36. The molecule has 2 aromatic carbocycles. The lowest BCUT2D eigenvalue weighted by molar-refractivity contribution is -0.128. The highest BCUT2D eigenvalue weighted by molar-refractivity contribution is 7.91. The zero-order chi connectivity index (χ0) is 20.1. The molecule has 0 bridgehead atoms. The monoisotopic (exact) mass is 398 g/mol. The van der Waals surface area contributed by atoms with Crippen LogP contribution in [0.3, 0.4) is 0 Å². The topological polar surface area (TPSA) is 74.8 Å². The lowest BCUT2D eigenvalue weighted by Crippen LogP contribution is -2.53. The number of ketones is 1. The Morgan fingerprint density at radius 1 is 0.929 bits per heavy atom. The van der Waals surface area contributed by atoms with E-state index in [4.69, 9.17) is 0 Å². The molecule has 2 aliphatic rings. The lowest BCUT2D eigenvalue weighted by atomic mass is 9.80. The number of anilines is 1. The van der Waals surface area contributed by atoms with Crippen LogP contribution in [0.4, 0.5) is 5.69 Å². The van der Waals surface area contributed by atoms with Gasteiger partial charge in [-0.1, -0.05) is 32.0 Å². The van der Waals surface area contributed by atoms with Crippen molar-refractivity contribution in [3.63, 3.8) is 0 Å². The summed E-state index contributed by atoms with van der Waals surface area (Å²) in [4.78, 5) is 25.6. The minimum Gasteiger partial charge on any atom is -0.293 e. The number of Topliss-reactive ketones (excluding diaryl/α,β-unsaturated/α-hetero) is 1. The molecule has 2 heterocycles. The summed E-state index contributed by atoms with van der Waals surface area (Å²) in [6.45, 7) is 4.60. The van der Waals surface area contributed by atoms with Gasteiger partial charge in [-0.05, 0) is 36.8 Å². The molecule has 4 rings (SSSR count). The first-order chi connectivity index (χ1) is 13.2. The molecule has 6 nitrogen and oxygen atoms in total. The maximum atomic E-state index is 13.0. The molecule has 0 atom stereocenters. The second kappa shape index (κ2) is 6.44. The van der Waals surface area contributed by atoms with Crippen molar-refractivity contribution in [1.82, 2.24) is 5.01 Å². The van der Waals surface area contributed by atoms with Crippen molar-refractivity contribution in [2.75, 3.05) is 18.1 Å². The SMILES string of the molecule is CC1(C)CN(N2CCCC2=O)c2cc(S(=O)(=O)c3ccccc3)ccc2C1=O. The predicted molar refractivity (Wildman–Crippen MR) is 105 cm³/mol. The fourth-order valence-corrected chi connectivity index (χ4v) is 5.12. The molecule has 2 aliphatic heterocycles. The van der Waals surface area contributed by atoms with Crippen molar-refractivity contribution >= 4 is 27.2 Å². The molecule has 0 aliphatic carbocycles. The Morgan fingerprint density at radius 2 is 1.64 bits per heavy atom. The van der Waals surface area contributed by atoms with Gasteiger partial charge >= 0.3 is 0 Å². The van der Waals surface area contributed by atoms with Gasteiger partial charge in [-0.15, -0.1) is 0 Å². The van der Waals surface area contributed by atoms with E-state index in [2.05, 4.69) is 0 Å². The van der Waals surface area contributed by atoms with E-state index in [1.54, 1.807) is 46.4 Å². The highest BCUT2D eigenvalue weighted by atomic mass is 32.2. The van der Waals surface area contributed by atoms with E-state index in [-0.39, 0.29) is 21.5 Å². The van der Waals surface area contributed by atoms with Gasteiger partial charge in [0, 0.05) is 23.9 Å². The molecular formula is C21H22N2O4S. The minimum atomic E-state index is -3.72. The summed E-state index contributed by atoms with van der Waals surface area (Å²) in [5.74, 6) is -0.0542. The second-order valence-electron chi connectivity index (χ2n) is 7.89. The Bertz CT molecular complexity index is 1060.